The van der Waals surface area contributed by atoms with Crippen molar-refractivity contribution in [1.29, 1.82) is 0 Å². The molecule has 0 spiro atoms. The summed E-state index contributed by atoms with van der Waals surface area (Å²) in [5, 5.41) is 2.41. The van der Waals surface area contributed by atoms with Crippen LogP contribution in [0.4, 0.5) is 11.4 Å². The van der Waals surface area contributed by atoms with Crippen LogP contribution in [-0.4, -0.2) is 26.8 Å². The molecule has 0 fully saturated rings. The number of nitrogens with two attached hydrogens (primary N) is 1. The van der Waals surface area contributed by atoms with E-state index in [1.54, 1.807) is 12.1 Å². The Kier molecular flexibility index (Phi) is 4.27. The zero-order valence-electron chi connectivity index (χ0n) is 12.6. The Hall–Kier alpha value is -2.78. The number of fused-ring (bicyclic) bond motifs is 1. The van der Waals surface area contributed by atoms with E-state index in [-0.39, 0.29) is 45.1 Å². The number of para-hydroxylation sites is 1. The van der Waals surface area contributed by atoms with Gasteiger partial charge < -0.3 is 15.8 Å². The van der Waals surface area contributed by atoms with Crippen molar-refractivity contribution < 1.29 is 22.7 Å². The summed E-state index contributed by atoms with van der Waals surface area (Å²) in [4.78, 5) is 22.5. The van der Waals surface area contributed by atoms with E-state index in [4.69, 9.17) is 22.1 Å². The third-order valence-electron chi connectivity index (χ3n) is 3.39. The third-order valence-corrected chi connectivity index (χ3v) is 5.22. The molecule has 0 bridgehead atoms. The number of carbonyl (C=O) groups is 2. The lowest BCUT2D eigenvalue weighted by Gasteiger charge is -2.20. The molecule has 0 saturated carbocycles. The molecule has 8 nitrogen and oxygen atoms in total. The van der Waals surface area contributed by atoms with Gasteiger partial charge in [-0.3, -0.25) is 14.3 Å². The van der Waals surface area contributed by atoms with E-state index in [0.717, 1.165) is 0 Å². The highest BCUT2D eigenvalue weighted by atomic mass is 35.5. The number of sulfonamides is 1. The molecule has 0 atom stereocenters. The molecule has 130 valence electrons. The minimum absolute atomic E-state index is 0.0173. The van der Waals surface area contributed by atoms with Crippen molar-refractivity contribution in [3.63, 3.8) is 0 Å². The van der Waals surface area contributed by atoms with E-state index in [2.05, 4.69) is 10.0 Å². The van der Waals surface area contributed by atoms with Gasteiger partial charge in [-0.05, 0) is 18.2 Å². The first-order valence-electron chi connectivity index (χ1n) is 6.96. The summed E-state index contributed by atoms with van der Waals surface area (Å²) in [6, 6.07) is 8.39. The van der Waals surface area contributed by atoms with Gasteiger partial charge >= 0.3 is 0 Å². The minimum Gasteiger partial charge on any atom is -0.482 e. The molecule has 1 heterocycles. The van der Waals surface area contributed by atoms with Crippen molar-refractivity contribution in [1.82, 2.24) is 0 Å². The first-order chi connectivity index (χ1) is 11.8. The Morgan fingerprint density at radius 2 is 2.00 bits per heavy atom. The average molecular weight is 382 g/mol. The van der Waals surface area contributed by atoms with Gasteiger partial charge in [-0.15, -0.1) is 0 Å². The van der Waals surface area contributed by atoms with Crippen LogP contribution >= 0.6 is 11.6 Å². The fraction of sp³-hybridized carbons (Fsp3) is 0.0667. The summed E-state index contributed by atoms with van der Waals surface area (Å²) in [6.07, 6.45) is 0. The number of anilines is 2. The van der Waals surface area contributed by atoms with Crippen LogP contribution in [0.25, 0.3) is 0 Å². The highest BCUT2D eigenvalue weighted by Crippen LogP contribution is 2.36. The molecule has 0 saturated heterocycles. The van der Waals surface area contributed by atoms with Gasteiger partial charge in [0.25, 0.3) is 21.8 Å². The Labute approximate surface area is 148 Å². The highest BCUT2D eigenvalue weighted by molar-refractivity contribution is 7.92. The summed E-state index contributed by atoms with van der Waals surface area (Å²) < 4.78 is 32.8. The number of rotatable bonds is 4. The Balaban J connectivity index is 2.01. The number of nitrogens with one attached hydrogen (secondary N) is 2. The number of halogens is 1. The summed E-state index contributed by atoms with van der Waals surface area (Å²) in [6.45, 7) is -0.230. The van der Waals surface area contributed by atoms with E-state index in [1.807, 2.05) is 0 Å². The SMILES string of the molecule is NC(=O)c1ccccc1NS(=O)(=O)c1cc2c(cc1Cl)NC(=O)CO2. The van der Waals surface area contributed by atoms with Crippen LogP contribution in [0.15, 0.2) is 41.3 Å². The number of hydrogen-bond donors (Lipinski definition) is 3. The van der Waals surface area contributed by atoms with Crippen molar-refractivity contribution in [2.45, 2.75) is 4.90 Å². The van der Waals surface area contributed by atoms with Crippen LogP contribution in [0.1, 0.15) is 10.4 Å². The molecule has 0 aromatic heterocycles. The van der Waals surface area contributed by atoms with Crippen molar-refractivity contribution in [3.05, 3.63) is 47.0 Å². The smallest absolute Gasteiger partial charge is 0.263 e. The van der Waals surface area contributed by atoms with Crippen molar-refractivity contribution in [3.8, 4) is 5.75 Å². The average Bonchev–Trinajstić information content (AvgIpc) is 2.53. The lowest BCUT2D eigenvalue weighted by atomic mass is 10.2. The molecule has 2 aromatic carbocycles. The van der Waals surface area contributed by atoms with Crippen molar-refractivity contribution >= 4 is 44.8 Å². The molecular formula is C15H12ClN3O5S. The number of primary amides is 1. The van der Waals surface area contributed by atoms with Crippen LogP contribution in [-0.2, 0) is 14.8 Å². The fourth-order valence-corrected chi connectivity index (χ4v) is 3.90. The van der Waals surface area contributed by atoms with Crippen molar-refractivity contribution in [2.75, 3.05) is 16.6 Å². The summed E-state index contributed by atoms with van der Waals surface area (Å²) in [5.41, 5.74) is 5.57. The summed E-state index contributed by atoms with van der Waals surface area (Å²) >= 11 is 6.04. The van der Waals surface area contributed by atoms with Gasteiger partial charge in [-0.25, -0.2) is 8.42 Å². The molecule has 2 aromatic rings. The van der Waals surface area contributed by atoms with E-state index >= 15 is 0 Å². The van der Waals surface area contributed by atoms with Gasteiger partial charge in [0.05, 0.1) is 22.0 Å². The van der Waals surface area contributed by atoms with Crippen LogP contribution in [0.2, 0.25) is 5.02 Å². The first-order valence-corrected chi connectivity index (χ1v) is 8.82. The van der Waals surface area contributed by atoms with Crippen LogP contribution < -0.4 is 20.5 Å². The maximum atomic E-state index is 12.7. The zero-order valence-corrected chi connectivity index (χ0v) is 14.1. The number of amides is 2. The lowest BCUT2D eigenvalue weighted by Crippen LogP contribution is -2.26. The van der Waals surface area contributed by atoms with E-state index in [9.17, 15) is 18.0 Å². The Morgan fingerprint density at radius 3 is 2.72 bits per heavy atom. The molecule has 4 N–H and O–H groups in total. The van der Waals surface area contributed by atoms with E-state index < -0.39 is 15.9 Å². The van der Waals surface area contributed by atoms with Gasteiger partial charge in [0.2, 0.25) is 0 Å². The summed E-state index contributed by atoms with van der Waals surface area (Å²) in [5.74, 6) is -0.971. The fourth-order valence-electron chi connectivity index (χ4n) is 2.27. The topological polar surface area (TPSA) is 128 Å². The van der Waals surface area contributed by atoms with E-state index in [1.165, 1.54) is 24.3 Å². The molecular weight excluding hydrogens is 370 g/mol. The standard InChI is InChI=1S/C15H12ClN3O5S/c16-9-5-11-12(24-7-14(20)18-11)6-13(9)25(22,23)19-10-4-2-1-3-8(10)15(17)21/h1-6,19H,7H2,(H2,17,21)(H,18,20). The highest BCUT2D eigenvalue weighted by Gasteiger charge is 2.25. The van der Waals surface area contributed by atoms with Gasteiger partial charge in [0, 0.05) is 6.07 Å². The first kappa shape index (κ1) is 17.1. The summed E-state index contributed by atoms with van der Waals surface area (Å²) in [7, 11) is -4.13. The molecule has 0 aliphatic carbocycles. The molecule has 0 radical (unpaired) electrons. The minimum atomic E-state index is -4.13. The maximum absolute atomic E-state index is 12.7. The molecule has 0 unspecified atom stereocenters. The van der Waals surface area contributed by atoms with Crippen LogP contribution in [0.5, 0.6) is 5.75 Å². The zero-order chi connectivity index (χ0) is 18.2. The number of hydrogen-bond acceptors (Lipinski definition) is 5. The van der Waals surface area contributed by atoms with Crippen molar-refractivity contribution in [2.24, 2.45) is 5.73 Å². The maximum Gasteiger partial charge on any atom is 0.263 e. The largest absolute Gasteiger partial charge is 0.482 e. The van der Waals surface area contributed by atoms with Gasteiger partial charge in [-0.1, -0.05) is 23.7 Å². The van der Waals surface area contributed by atoms with E-state index in [0.29, 0.717) is 0 Å². The van der Waals surface area contributed by atoms with Gasteiger partial charge in [0.15, 0.2) is 6.61 Å². The molecule has 3 rings (SSSR count). The van der Waals surface area contributed by atoms with Crippen LogP contribution in [0, 0.1) is 0 Å². The number of carbonyl (C=O) groups excluding carboxylic acids is 2. The molecule has 10 heteroatoms. The predicted molar refractivity (Wildman–Crippen MR) is 91.3 cm³/mol. The second kappa shape index (κ2) is 6.26. The number of benzene rings is 2. The second-order valence-corrected chi connectivity index (χ2v) is 7.19. The van der Waals surface area contributed by atoms with Crippen LogP contribution in [0.3, 0.4) is 0 Å². The van der Waals surface area contributed by atoms with Gasteiger partial charge in [-0.2, -0.15) is 0 Å². The molecule has 1 aliphatic heterocycles. The Bertz CT molecular complexity index is 991. The number of ether oxygens (including phenoxy) is 1. The third kappa shape index (κ3) is 3.37. The monoisotopic (exact) mass is 381 g/mol. The molecule has 2 amide bonds. The molecule has 1 aliphatic rings. The normalized spacial score (nSPS) is 13.4. The quantitative estimate of drug-likeness (QED) is 0.740. The predicted octanol–water partition coefficient (Wildman–Crippen LogP) is 1.57. The second-order valence-electron chi connectivity index (χ2n) is 5.13. The molecule has 25 heavy (non-hydrogen) atoms. The Morgan fingerprint density at radius 1 is 1.28 bits per heavy atom. The lowest BCUT2D eigenvalue weighted by molar-refractivity contribution is -0.118. The van der Waals surface area contributed by atoms with Gasteiger partial charge in [0.1, 0.15) is 10.6 Å².